The first-order valence-corrected chi connectivity index (χ1v) is 4.05. The lowest BCUT2D eigenvalue weighted by Crippen LogP contribution is -1.38. The second-order valence-electron chi connectivity index (χ2n) is 0.550. The van der Waals surface area contributed by atoms with Gasteiger partial charge in [-0.3, -0.25) is 4.57 Å². The second-order valence-corrected chi connectivity index (χ2v) is 2.24. The molecule has 0 aromatic heterocycles. The van der Waals surface area contributed by atoms with Crippen LogP contribution in [-0.4, -0.2) is 15.1 Å². The van der Waals surface area contributed by atoms with Crippen LogP contribution in [0.5, 0.6) is 0 Å². The monoisotopic (exact) mass is 190 g/mol. The molecule has 0 aromatic rings. The Hall–Kier alpha value is 0.630. The number of hydrogen-bond acceptors (Lipinski definition) is 1. The van der Waals surface area contributed by atoms with E-state index in [1.54, 1.807) is 0 Å². The van der Waals surface area contributed by atoms with Gasteiger partial charge in [0.1, 0.15) is 0 Å². The third kappa shape index (κ3) is 358. The highest BCUT2D eigenvalue weighted by Gasteiger charge is 1.61. The van der Waals surface area contributed by atoms with Gasteiger partial charge in [0.15, 0.2) is 0 Å². The fraction of sp³-hybridized carbons (Fsp3) is 1.00. The van der Waals surface area contributed by atoms with E-state index in [1.165, 1.54) is 0 Å². The third-order valence-electron chi connectivity index (χ3n) is 0. The SMILES string of the molecule is CCBr.O=[PH](O)O. The molecule has 0 fully saturated rings. The molecule has 0 aliphatic heterocycles. The van der Waals surface area contributed by atoms with Gasteiger partial charge in [0, 0.05) is 5.33 Å². The molecule has 0 spiro atoms. The van der Waals surface area contributed by atoms with Crippen LogP contribution in [0.25, 0.3) is 0 Å². The summed E-state index contributed by atoms with van der Waals surface area (Å²) >= 11 is 3.15. The van der Waals surface area contributed by atoms with Crippen molar-refractivity contribution in [3.05, 3.63) is 0 Å². The molecule has 0 aromatic carbocycles. The van der Waals surface area contributed by atoms with E-state index >= 15 is 0 Å². The quantitative estimate of drug-likeness (QED) is 0.439. The van der Waals surface area contributed by atoms with Gasteiger partial charge in [-0.25, -0.2) is 0 Å². The summed E-state index contributed by atoms with van der Waals surface area (Å²) in [6.07, 6.45) is 0. The average molecular weight is 191 g/mol. The number of halogens is 1. The Balaban J connectivity index is 0. The van der Waals surface area contributed by atoms with Gasteiger partial charge in [-0.1, -0.05) is 22.9 Å². The summed E-state index contributed by atoms with van der Waals surface area (Å²) < 4.78 is 8.74. The first-order chi connectivity index (χ1) is 3.15. The van der Waals surface area contributed by atoms with E-state index in [1.807, 2.05) is 6.92 Å². The Bertz CT molecular complexity index is 44.2. The normalized spacial score (nSPS) is 7.57. The summed E-state index contributed by atoms with van der Waals surface area (Å²) in [5, 5.41) is 1.06. The largest absolute Gasteiger partial charge is 0.326 e. The molecular weight excluding hydrogens is 183 g/mol. The zero-order valence-corrected chi connectivity index (χ0v) is 6.47. The van der Waals surface area contributed by atoms with Crippen molar-refractivity contribution in [1.82, 2.24) is 0 Å². The first-order valence-electron chi connectivity index (χ1n) is 1.63. The van der Waals surface area contributed by atoms with Crippen molar-refractivity contribution >= 4 is 24.2 Å². The highest BCUT2D eigenvalue weighted by Crippen LogP contribution is 1.98. The van der Waals surface area contributed by atoms with Crippen LogP contribution in [0.2, 0.25) is 0 Å². The maximum atomic E-state index is 8.74. The molecule has 0 radical (unpaired) electrons. The fourth-order valence-electron chi connectivity index (χ4n) is 0. The summed E-state index contributed by atoms with van der Waals surface area (Å²) in [7, 11) is -3.13. The molecule has 0 aliphatic rings. The Morgan fingerprint density at radius 2 is 1.71 bits per heavy atom. The van der Waals surface area contributed by atoms with E-state index in [-0.39, 0.29) is 0 Å². The Morgan fingerprint density at radius 3 is 1.71 bits per heavy atom. The standard InChI is InChI=1S/C2H5Br.H3O3P/c1-2-3;1-4(2)3/h2H2,1H3;4H,(H2,1,2,3). The molecule has 0 aliphatic carbocycles. The summed E-state index contributed by atoms with van der Waals surface area (Å²) in [4.78, 5) is 14.3. The lowest BCUT2D eigenvalue weighted by molar-refractivity contribution is 0.405. The van der Waals surface area contributed by atoms with Crippen molar-refractivity contribution in [2.75, 3.05) is 5.33 Å². The molecule has 0 atom stereocenters. The van der Waals surface area contributed by atoms with Crippen LogP contribution in [0.4, 0.5) is 0 Å². The molecule has 0 heterocycles. The maximum absolute atomic E-state index is 8.74. The van der Waals surface area contributed by atoms with Crippen molar-refractivity contribution in [1.29, 1.82) is 0 Å². The predicted octanol–water partition coefficient (Wildman–Crippen LogP) is 0.762. The molecule has 3 nitrogen and oxygen atoms in total. The van der Waals surface area contributed by atoms with Crippen molar-refractivity contribution in [3.8, 4) is 0 Å². The van der Waals surface area contributed by atoms with Crippen LogP contribution in [0, 0.1) is 0 Å². The zero-order chi connectivity index (χ0) is 6.28. The molecule has 0 saturated heterocycles. The predicted molar refractivity (Wildman–Crippen MR) is 32.9 cm³/mol. The van der Waals surface area contributed by atoms with Crippen molar-refractivity contribution in [2.24, 2.45) is 0 Å². The van der Waals surface area contributed by atoms with E-state index < -0.39 is 8.25 Å². The van der Waals surface area contributed by atoms with E-state index in [9.17, 15) is 0 Å². The minimum atomic E-state index is -3.13. The molecule has 0 rings (SSSR count). The van der Waals surface area contributed by atoms with Gasteiger partial charge in [-0.05, 0) is 0 Å². The van der Waals surface area contributed by atoms with Crippen LogP contribution in [0.3, 0.4) is 0 Å². The molecular formula is C2H8BrO3P. The van der Waals surface area contributed by atoms with E-state index in [2.05, 4.69) is 15.9 Å². The van der Waals surface area contributed by atoms with Crippen LogP contribution in [-0.2, 0) is 4.57 Å². The highest BCUT2D eigenvalue weighted by molar-refractivity contribution is 9.09. The van der Waals surface area contributed by atoms with Crippen LogP contribution in [0.15, 0.2) is 0 Å². The molecule has 0 saturated carbocycles. The summed E-state index contributed by atoms with van der Waals surface area (Å²) in [6.45, 7) is 2.04. The molecule has 5 heteroatoms. The van der Waals surface area contributed by atoms with Crippen molar-refractivity contribution in [2.45, 2.75) is 6.92 Å². The molecule has 7 heavy (non-hydrogen) atoms. The fourth-order valence-corrected chi connectivity index (χ4v) is 0. The van der Waals surface area contributed by atoms with Gasteiger partial charge in [0.05, 0.1) is 0 Å². The molecule has 0 amide bonds. The lowest BCUT2D eigenvalue weighted by atomic mass is 11.0. The third-order valence-corrected chi connectivity index (χ3v) is 0. The zero-order valence-electron chi connectivity index (χ0n) is 3.89. The number of alkyl halides is 1. The maximum Gasteiger partial charge on any atom is 0.314 e. The van der Waals surface area contributed by atoms with Gasteiger partial charge in [-0.15, -0.1) is 0 Å². The van der Waals surface area contributed by atoms with Crippen LogP contribution < -0.4 is 0 Å². The van der Waals surface area contributed by atoms with Gasteiger partial charge < -0.3 is 9.79 Å². The van der Waals surface area contributed by atoms with Gasteiger partial charge in [0.2, 0.25) is 0 Å². The summed E-state index contributed by atoms with van der Waals surface area (Å²) in [5.74, 6) is 0. The molecule has 2 N–H and O–H groups in total. The smallest absolute Gasteiger partial charge is 0.314 e. The van der Waals surface area contributed by atoms with Gasteiger partial charge in [-0.2, -0.15) is 0 Å². The Kier molecular flexibility index (Phi) is 14.8. The van der Waals surface area contributed by atoms with E-state index in [4.69, 9.17) is 14.4 Å². The topological polar surface area (TPSA) is 57.5 Å². The Labute approximate surface area is 51.4 Å². The van der Waals surface area contributed by atoms with E-state index in [0.717, 1.165) is 5.33 Å². The second kappa shape index (κ2) is 9.80. The van der Waals surface area contributed by atoms with Crippen molar-refractivity contribution in [3.63, 3.8) is 0 Å². The van der Waals surface area contributed by atoms with Crippen molar-refractivity contribution < 1.29 is 14.4 Å². The van der Waals surface area contributed by atoms with E-state index in [0.29, 0.717) is 0 Å². The minimum Gasteiger partial charge on any atom is -0.326 e. The Morgan fingerprint density at radius 1 is 1.71 bits per heavy atom. The summed E-state index contributed by atoms with van der Waals surface area (Å²) in [6, 6.07) is 0. The highest BCUT2D eigenvalue weighted by atomic mass is 79.9. The molecule has 0 bridgehead atoms. The van der Waals surface area contributed by atoms with Crippen LogP contribution >= 0.6 is 24.2 Å². The number of rotatable bonds is 0. The summed E-state index contributed by atoms with van der Waals surface area (Å²) in [5.41, 5.74) is 0. The minimum absolute atomic E-state index is 1.06. The number of hydrogen-bond donors (Lipinski definition) is 2. The lowest BCUT2D eigenvalue weighted by Gasteiger charge is -1.61. The van der Waals surface area contributed by atoms with Gasteiger partial charge in [0.25, 0.3) is 0 Å². The first kappa shape index (κ1) is 10.6. The van der Waals surface area contributed by atoms with Gasteiger partial charge >= 0.3 is 8.25 Å². The van der Waals surface area contributed by atoms with Crippen LogP contribution in [0.1, 0.15) is 6.92 Å². The average Bonchev–Trinajstić information content (AvgIpc) is 1.33. The molecule has 46 valence electrons. The molecule has 0 unspecified atom stereocenters.